The quantitative estimate of drug-likeness (QED) is 0.653. The summed E-state index contributed by atoms with van der Waals surface area (Å²) in [6, 6.07) is 8.84. The number of halogens is 1. The molecule has 2 aliphatic rings. The number of anilines is 2. The highest BCUT2D eigenvalue weighted by molar-refractivity contribution is 7.14. The number of hydrogen-bond acceptors (Lipinski definition) is 6. The third kappa shape index (κ3) is 3.65. The first kappa shape index (κ1) is 18.3. The minimum atomic E-state index is -0.435. The van der Waals surface area contributed by atoms with Crippen LogP contribution >= 0.6 is 22.9 Å². The molecule has 2 aromatic heterocycles. The Kier molecular flexibility index (Phi) is 4.60. The lowest BCUT2D eigenvalue weighted by molar-refractivity contribution is -0.122. The molecule has 0 spiro atoms. The average molecular weight is 429 g/mol. The van der Waals surface area contributed by atoms with Crippen molar-refractivity contribution in [1.29, 1.82) is 0 Å². The van der Waals surface area contributed by atoms with Crippen LogP contribution in [0.1, 0.15) is 31.0 Å². The van der Waals surface area contributed by atoms with Gasteiger partial charge in [-0.25, -0.2) is 0 Å². The van der Waals surface area contributed by atoms with Crippen molar-refractivity contribution in [3.8, 4) is 10.8 Å². The summed E-state index contributed by atoms with van der Waals surface area (Å²) in [4.78, 5) is 32.1. The smallest absolute Gasteiger partial charge is 0.270 e. The van der Waals surface area contributed by atoms with E-state index in [0.29, 0.717) is 29.1 Å². The summed E-state index contributed by atoms with van der Waals surface area (Å²) in [7, 11) is 0. The van der Waals surface area contributed by atoms with Gasteiger partial charge in [-0.05, 0) is 48.6 Å². The van der Waals surface area contributed by atoms with E-state index >= 15 is 0 Å². The van der Waals surface area contributed by atoms with Gasteiger partial charge in [0.15, 0.2) is 5.82 Å². The highest BCUT2D eigenvalue weighted by atomic mass is 35.5. The number of carbonyl (C=O) groups is 2. The maximum atomic E-state index is 12.8. The Hall–Kier alpha value is -2.71. The number of nitrogens with one attached hydrogen (secondary N) is 1. The number of hydrogen-bond donors (Lipinski definition) is 1. The molecule has 3 heterocycles. The molecule has 3 aromatic rings. The molecule has 1 aliphatic carbocycles. The van der Waals surface area contributed by atoms with Gasteiger partial charge in [-0.3, -0.25) is 9.59 Å². The molecule has 1 unspecified atom stereocenters. The van der Waals surface area contributed by atoms with E-state index in [2.05, 4.69) is 15.5 Å². The van der Waals surface area contributed by atoms with Crippen LogP contribution in [-0.4, -0.2) is 28.5 Å². The molecular formula is C20H17ClN4O3S. The zero-order valence-corrected chi connectivity index (χ0v) is 16.9. The Bertz CT molecular complexity index is 1070. The number of carbonyl (C=O) groups excluding carboxylic acids is 2. The van der Waals surface area contributed by atoms with Gasteiger partial charge in [0.05, 0.1) is 11.6 Å². The van der Waals surface area contributed by atoms with Gasteiger partial charge < -0.3 is 14.7 Å². The van der Waals surface area contributed by atoms with Crippen LogP contribution in [0.25, 0.3) is 10.8 Å². The van der Waals surface area contributed by atoms with Gasteiger partial charge in [-0.15, -0.1) is 11.3 Å². The molecule has 2 amide bonds. The number of thiophene rings is 1. The fraction of sp³-hybridized carbons (Fsp3) is 0.300. The lowest BCUT2D eigenvalue weighted by Crippen LogP contribution is -2.28. The maximum Gasteiger partial charge on any atom is 0.270 e. The van der Waals surface area contributed by atoms with Crippen LogP contribution in [0.4, 0.5) is 11.4 Å². The van der Waals surface area contributed by atoms with Gasteiger partial charge in [0.25, 0.3) is 5.89 Å². The number of aromatic nitrogens is 2. The summed E-state index contributed by atoms with van der Waals surface area (Å²) < 4.78 is 5.38. The van der Waals surface area contributed by atoms with E-state index in [0.717, 1.165) is 29.2 Å². The van der Waals surface area contributed by atoms with Crippen molar-refractivity contribution >= 4 is 46.1 Å². The molecule has 9 heteroatoms. The van der Waals surface area contributed by atoms with Crippen molar-refractivity contribution in [1.82, 2.24) is 10.1 Å². The fourth-order valence-electron chi connectivity index (χ4n) is 3.40. The second-order valence-electron chi connectivity index (χ2n) is 7.27. The molecule has 5 rings (SSSR count). The van der Waals surface area contributed by atoms with Crippen LogP contribution in [-0.2, 0) is 9.59 Å². The standard InChI is InChI=1S/C20H17ClN4O3S/c21-13-3-5-14(6-4-13)25-10-12(9-16(25)26)19(27)22-15-7-8-29-17(15)20-23-18(24-28-20)11-1-2-11/h3-8,11-12H,1-2,9-10H2,(H,22,27). The van der Waals surface area contributed by atoms with Crippen molar-refractivity contribution in [2.45, 2.75) is 25.2 Å². The molecule has 1 atom stereocenters. The zero-order valence-electron chi connectivity index (χ0n) is 15.3. The lowest BCUT2D eigenvalue weighted by atomic mass is 10.1. The molecule has 0 bridgehead atoms. The summed E-state index contributed by atoms with van der Waals surface area (Å²) in [5.74, 6) is 0.832. The fourth-order valence-corrected chi connectivity index (χ4v) is 4.29. The van der Waals surface area contributed by atoms with Crippen LogP contribution in [0.3, 0.4) is 0 Å². The predicted molar refractivity (Wildman–Crippen MR) is 110 cm³/mol. The molecule has 2 fully saturated rings. The largest absolute Gasteiger partial charge is 0.333 e. The molecule has 7 nitrogen and oxygen atoms in total. The van der Waals surface area contributed by atoms with Crippen molar-refractivity contribution in [3.63, 3.8) is 0 Å². The zero-order chi connectivity index (χ0) is 20.0. The van der Waals surface area contributed by atoms with Crippen molar-refractivity contribution in [2.24, 2.45) is 5.92 Å². The van der Waals surface area contributed by atoms with E-state index < -0.39 is 5.92 Å². The first-order valence-corrected chi connectivity index (χ1v) is 10.6. The Morgan fingerprint density at radius 3 is 2.79 bits per heavy atom. The minimum absolute atomic E-state index is 0.0796. The van der Waals surface area contributed by atoms with Crippen molar-refractivity contribution in [2.75, 3.05) is 16.8 Å². The van der Waals surface area contributed by atoms with Crippen molar-refractivity contribution in [3.05, 3.63) is 46.6 Å². The number of amides is 2. The van der Waals surface area contributed by atoms with E-state index in [1.165, 1.54) is 11.3 Å². The Balaban J connectivity index is 1.29. The van der Waals surface area contributed by atoms with Gasteiger partial charge >= 0.3 is 0 Å². The van der Waals surface area contributed by atoms with Crippen LogP contribution in [0.15, 0.2) is 40.2 Å². The second kappa shape index (κ2) is 7.27. The predicted octanol–water partition coefficient (Wildman–Crippen LogP) is 4.32. The molecule has 1 aromatic carbocycles. The number of nitrogens with zero attached hydrogens (tertiary/aromatic N) is 3. The average Bonchev–Trinajstić information content (AvgIpc) is 3.10. The third-order valence-corrected chi connectivity index (χ3v) is 6.29. The number of benzene rings is 1. The van der Waals surface area contributed by atoms with Crippen LogP contribution in [0.2, 0.25) is 5.02 Å². The monoisotopic (exact) mass is 428 g/mol. The molecule has 1 aliphatic heterocycles. The first-order chi connectivity index (χ1) is 14.1. The van der Waals surface area contributed by atoms with Gasteiger partial charge in [-0.1, -0.05) is 16.8 Å². The molecule has 29 heavy (non-hydrogen) atoms. The summed E-state index contributed by atoms with van der Waals surface area (Å²) in [6.45, 7) is 0.332. The second-order valence-corrected chi connectivity index (χ2v) is 8.62. The lowest BCUT2D eigenvalue weighted by Gasteiger charge is -2.16. The Morgan fingerprint density at radius 2 is 2.03 bits per heavy atom. The topological polar surface area (TPSA) is 88.3 Å². The highest BCUT2D eigenvalue weighted by Gasteiger charge is 2.36. The molecule has 148 valence electrons. The number of rotatable bonds is 5. The molecular weight excluding hydrogens is 412 g/mol. The summed E-state index contributed by atoms with van der Waals surface area (Å²) >= 11 is 7.35. The van der Waals surface area contributed by atoms with E-state index in [1.807, 2.05) is 11.4 Å². The molecule has 0 radical (unpaired) electrons. The first-order valence-electron chi connectivity index (χ1n) is 9.37. The third-order valence-electron chi connectivity index (χ3n) is 5.14. The Labute approximate surface area is 175 Å². The highest BCUT2D eigenvalue weighted by Crippen LogP contribution is 2.40. The Morgan fingerprint density at radius 1 is 1.24 bits per heavy atom. The molecule has 1 saturated heterocycles. The van der Waals surface area contributed by atoms with Crippen LogP contribution < -0.4 is 10.2 Å². The summed E-state index contributed by atoms with van der Waals surface area (Å²) in [6.07, 6.45) is 2.35. The van der Waals surface area contributed by atoms with Crippen LogP contribution in [0.5, 0.6) is 0 Å². The van der Waals surface area contributed by atoms with Crippen molar-refractivity contribution < 1.29 is 14.1 Å². The minimum Gasteiger partial charge on any atom is -0.333 e. The van der Waals surface area contributed by atoms with Gasteiger partial charge in [0.2, 0.25) is 11.8 Å². The molecule has 1 saturated carbocycles. The summed E-state index contributed by atoms with van der Waals surface area (Å²) in [5.41, 5.74) is 1.37. The van der Waals surface area contributed by atoms with E-state index in [1.54, 1.807) is 29.2 Å². The normalized spacial score (nSPS) is 19.0. The van der Waals surface area contributed by atoms with E-state index in [-0.39, 0.29) is 18.2 Å². The summed E-state index contributed by atoms with van der Waals surface area (Å²) in [5, 5.41) is 9.44. The molecule has 1 N–H and O–H groups in total. The SMILES string of the molecule is O=C(Nc1ccsc1-c1nc(C2CC2)no1)C1CC(=O)N(c2ccc(Cl)cc2)C1. The van der Waals surface area contributed by atoms with E-state index in [9.17, 15) is 9.59 Å². The van der Waals surface area contributed by atoms with E-state index in [4.69, 9.17) is 16.1 Å². The van der Waals surface area contributed by atoms with Gasteiger partial charge in [-0.2, -0.15) is 4.98 Å². The maximum absolute atomic E-state index is 12.8. The van der Waals surface area contributed by atoms with Gasteiger partial charge in [0, 0.05) is 29.6 Å². The van der Waals surface area contributed by atoms with Gasteiger partial charge in [0.1, 0.15) is 4.88 Å². The van der Waals surface area contributed by atoms with Crippen LogP contribution in [0, 0.1) is 5.92 Å².